The second-order valence-electron chi connectivity index (χ2n) is 8.73. The van der Waals surface area contributed by atoms with Gasteiger partial charge in [0.25, 0.3) is 0 Å². The van der Waals surface area contributed by atoms with E-state index in [1.165, 1.54) is 57.4 Å². The van der Waals surface area contributed by atoms with Gasteiger partial charge in [-0.25, -0.2) is 18.2 Å². The number of benzene rings is 2. The number of carbonyl (C=O) groups excluding carboxylic acids is 1. The van der Waals surface area contributed by atoms with Gasteiger partial charge in [-0.05, 0) is 24.3 Å². The van der Waals surface area contributed by atoms with Crippen LogP contribution in [0.1, 0.15) is 90.4 Å². The zero-order valence-corrected chi connectivity index (χ0v) is 20.4. The Morgan fingerprint density at radius 3 is 2.03 bits per heavy atom. The summed E-state index contributed by atoms with van der Waals surface area (Å²) in [6, 6.07) is 13.0. The molecule has 4 nitrogen and oxygen atoms in total. The Balaban J connectivity index is 1.89. The molecule has 0 radical (unpaired) electrons. The summed E-state index contributed by atoms with van der Waals surface area (Å²) in [5.74, 6) is 0. The topological polar surface area (TPSA) is 63.6 Å². The molecule has 1 atom stereocenters. The standard InChI is InChI=1S/C27H39NO3S/c1-2-3-4-5-6-7-8-9-10-11-12-18-25(21-22-28-23-29)32(30,31)27-20-15-17-24-16-13-14-19-26(24)27/h13-17,19-20,25H,2-12,18,21-22H2,1H3. The summed E-state index contributed by atoms with van der Waals surface area (Å²) in [5.41, 5.74) is 0. The fourth-order valence-electron chi connectivity index (χ4n) is 4.37. The summed E-state index contributed by atoms with van der Waals surface area (Å²) in [4.78, 5) is 14.5. The lowest BCUT2D eigenvalue weighted by Gasteiger charge is -2.18. The van der Waals surface area contributed by atoms with Gasteiger partial charge < -0.3 is 0 Å². The van der Waals surface area contributed by atoms with Gasteiger partial charge in [0, 0.05) is 5.39 Å². The van der Waals surface area contributed by atoms with E-state index in [1.807, 2.05) is 30.3 Å². The van der Waals surface area contributed by atoms with Gasteiger partial charge in [0.05, 0.1) is 16.7 Å². The molecule has 176 valence electrons. The fraction of sp³-hybridized carbons (Fsp3) is 0.593. The van der Waals surface area contributed by atoms with Crippen LogP contribution < -0.4 is 0 Å². The van der Waals surface area contributed by atoms with Gasteiger partial charge in [-0.2, -0.15) is 0 Å². The number of aliphatic imine (C=N–C) groups is 1. The molecular formula is C27H39NO3S. The minimum absolute atomic E-state index is 0.205. The first kappa shape index (κ1) is 26.3. The van der Waals surface area contributed by atoms with Crippen LogP contribution in [0.25, 0.3) is 10.8 Å². The smallest absolute Gasteiger partial charge is 0.223 e. The van der Waals surface area contributed by atoms with Crippen molar-refractivity contribution in [3.63, 3.8) is 0 Å². The van der Waals surface area contributed by atoms with E-state index in [0.29, 0.717) is 17.7 Å². The zero-order valence-electron chi connectivity index (χ0n) is 19.6. The van der Waals surface area contributed by atoms with Crippen LogP contribution in [0.2, 0.25) is 0 Å². The molecule has 2 aromatic rings. The van der Waals surface area contributed by atoms with Crippen molar-refractivity contribution in [2.75, 3.05) is 6.54 Å². The van der Waals surface area contributed by atoms with Crippen LogP contribution in [0.5, 0.6) is 0 Å². The number of rotatable bonds is 17. The SMILES string of the molecule is CCCCCCCCCCCCCC(CCN=C=O)S(=O)(=O)c1cccc2ccccc12. The van der Waals surface area contributed by atoms with Gasteiger partial charge in [0.1, 0.15) is 0 Å². The molecule has 5 heteroatoms. The molecule has 1 unspecified atom stereocenters. The van der Waals surface area contributed by atoms with E-state index in [0.717, 1.165) is 30.0 Å². The van der Waals surface area contributed by atoms with E-state index in [9.17, 15) is 13.2 Å². The third-order valence-electron chi connectivity index (χ3n) is 6.25. The predicted molar refractivity (Wildman–Crippen MR) is 134 cm³/mol. The van der Waals surface area contributed by atoms with Gasteiger partial charge in [-0.1, -0.05) is 114 Å². The molecule has 0 aromatic heterocycles. The summed E-state index contributed by atoms with van der Waals surface area (Å²) < 4.78 is 27.0. The quantitative estimate of drug-likeness (QED) is 0.141. The molecule has 0 saturated heterocycles. The number of hydrogen-bond acceptors (Lipinski definition) is 4. The van der Waals surface area contributed by atoms with Crippen LogP contribution in [0, 0.1) is 0 Å². The molecule has 0 aliphatic heterocycles. The first-order valence-electron chi connectivity index (χ1n) is 12.4. The van der Waals surface area contributed by atoms with E-state index >= 15 is 0 Å². The van der Waals surface area contributed by atoms with Gasteiger partial charge in [0.15, 0.2) is 9.84 Å². The number of fused-ring (bicyclic) bond motifs is 1. The first-order chi connectivity index (χ1) is 15.6. The van der Waals surface area contributed by atoms with Crippen molar-refractivity contribution in [1.29, 1.82) is 0 Å². The van der Waals surface area contributed by atoms with Crippen molar-refractivity contribution in [2.45, 2.75) is 101 Å². The number of isocyanates is 1. The molecule has 0 aliphatic rings. The van der Waals surface area contributed by atoms with Gasteiger partial charge in [-0.3, -0.25) is 0 Å². The second-order valence-corrected chi connectivity index (χ2v) is 10.9. The molecule has 2 rings (SSSR count). The van der Waals surface area contributed by atoms with Crippen LogP contribution in [0.15, 0.2) is 52.4 Å². The van der Waals surface area contributed by atoms with Gasteiger partial charge >= 0.3 is 0 Å². The van der Waals surface area contributed by atoms with Gasteiger partial charge in [-0.15, -0.1) is 0 Å². The first-order valence-corrected chi connectivity index (χ1v) is 13.9. The third-order valence-corrected chi connectivity index (χ3v) is 8.57. The summed E-state index contributed by atoms with van der Waals surface area (Å²) in [7, 11) is -3.51. The highest BCUT2D eigenvalue weighted by Crippen LogP contribution is 2.29. The van der Waals surface area contributed by atoms with Crippen molar-refractivity contribution in [3.8, 4) is 0 Å². The lowest BCUT2D eigenvalue weighted by molar-refractivity contribution is 0.523. The molecular weight excluding hydrogens is 418 g/mol. The predicted octanol–water partition coefficient (Wildman–Crippen LogP) is 7.41. The maximum atomic E-state index is 13.5. The number of sulfone groups is 1. The Bertz CT molecular complexity index is 943. The van der Waals surface area contributed by atoms with Crippen LogP contribution in [0.4, 0.5) is 0 Å². The largest absolute Gasteiger partial charge is 0.234 e. The summed E-state index contributed by atoms with van der Waals surface area (Å²) in [6.45, 7) is 2.45. The molecule has 0 aliphatic carbocycles. The van der Waals surface area contributed by atoms with Crippen LogP contribution >= 0.6 is 0 Å². The van der Waals surface area contributed by atoms with E-state index in [1.54, 1.807) is 12.1 Å². The number of hydrogen-bond donors (Lipinski definition) is 0. The number of unbranched alkanes of at least 4 members (excludes halogenated alkanes) is 10. The van der Waals surface area contributed by atoms with Crippen molar-refractivity contribution in [2.24, 2.45) is 4.99 Å². The van der Waals surface area contributed by atoms with E-state index in [4.69, 9.17) is 0 Å². The van der Waals surface area contributed by atoms with Crippen molar-refractivity contribution >= 4 is 26.7 Å². The summed E-state index contributed by atoms with van der Waals surface area (Å²) in [5, 5.41) is 1.16. The molecule has 32 heavy (non-hydrogen) atoms. The highest BCUT2D eigenvalue weighted by Gasteiger charge is 2.28. The molecule has 0 spiro atoms. The summed E-state index contributed by atoms with van der Waals surface area (Å²) >= 11 is 0. The minimum Gasteiger partial charge on any atom is -0.223 e. The molecule has 0 bridgehead atoms. The molecule has 0 amide bonds. The Labute approximate surface area is 194 Å². The molecule has 0 saturated carbocycles. The maximum absolute atomic E-state index is 13.5. The minimum atomic E-state index is -3.51. The molecule has 0 N–H and O–H groups in total. The normalized spacial score (nSPS) is 12.5. The second kappa shape index (κ2) is 15.0. The van der Waals surface area contributed by atoms with E-state index < -0.39 is 15.1 Å². The van der Waals surface area contributed by atoms with Gasteiger partial charge in [0.2, 0.25) is 6.08 Å². The Morgan fingerprint density at radius 1 is 0.781 bits per heavy atom. The van der Waals surface area contributed by atoms with Crippen molar-refractivity contribution < 1.29 is 13.2 Å². The van der Waals surface area contributed by atoms with Crippen LogP contribution in [0.3, 0.4) is 0 Å². The monoisotopic (exact) mass is 457 g/mol. The fourth-order valence-corrected chi connectivity index (χ4v) is 6.38. The van der Waals surface area contributed by atoms with Crippen molar-refractivity contribution in [3.05, 3.63) is 42.5 Å². The lowest BCUT2D eigenvalue weighted by Crippen LogP contribution is -2.23. The van der Waals surface area contributed by atoms with Crippen LogP contribution in [-0.2, 0) is 14.6 Å². The Kier molecular flexibility index (Phi) is 12.3. The highest BCUT2D eigenvalue weighted by atomic mass is 32.2. The highest BCUT2D eigenvalue weighted by molar-refractivity contribution is 7.92. The average molecular weight is 458 g/mol. The lowest BCUT2D eigenvalue weighted by atomic mass is 10.0. The van der Waals surface area contributed by atoms with E-state index in [-0.39, 0.29) is 6.54 Å². The summed E-state index contributed by atoms with van der Waals surface area (Å²) in [6.07, 6.45) is 16.1. The maximum Gasteiger partial charge on any atom is 0.234 e. The van der Waals surface area contributed by atoms with E-state index in [2.05, 4.69) is 11.9 Å². The number of nitrogens with zero attached hydrogens (tertiary/aromatic N) is 1. The molecule has 0 heterocycles. The zero-order chi connectivity index (χ0) is 23.1. The Hall–Kier alpha value is -1.97. The third kappa shape index (κ3) is 8.52. The van der Waals surface area contributed by atoms with Crippen LogP contribution in [-0.4, -0.2) is 26.3 Å². The van der Waals surface area contributed by atoms with Crippen molar-refractivity contribution in [1.82, 2.24) is 0 Å². The Morgan fingerprint density at radius 2 is 1.38 bits per heavy atom. The molecule has 2 aromatic carbocycles. The average Bonchev–Trinajstić information content (AvgIpc) is 2.81. The molecule has 0 fully saturated rings.